The summed E-state index contributed by atoms with van der Waals surface area (Å²) in [5, 5.41) is 4.77. The molecule has 0 unspecified atom stereocenters. The van der Waals surface area contributed by atoms with Crippen LogP contribution in [0.1, 0.15) is 23.3 Å². The molecule has 4 heterocycles. The molecule has 32 heavy (non-hydrogen) atoms. The van der Waals surface area contributed by atoms with E-state index in [4.69, 9.17) is 0 Å². The van der Waals surface area contributed by atoms with Crippen LogP contribution in [-0.2, 0) is 16.6 Å². The number of nitrogens with zero attached hydrogens (tertiary/aromatic N) is 4. The van der Waals surface area contributed by atoms with Gasteiger partial charge in [0.05, 0.1) is 6.26 Å². The van der Waals surface area contributed by atoms with E-state index in [-0.39, 0.29) is 0 Å². The summed E-state index contributed by atoms with van der Waals surface area (Å²) in [6, 6.07) is 6.60. The van der Waals surface area contributed by atoms with Crippen LogP contribution in [0.5, 0.6) is 0 Å². The normalized spacial score (nSPS) is 20.2. The molecule has 0 atom stereocenters. The maximum absolute atomic E-state index is 11.8. The number of nitrogens with one attached hydrogen (secondary N) is 1. The molecule has 1 N–H and O–H groups in total. The zero-order chi connectivity index (χ0) is 22.3. The summed E-state index contributed by atoms with van der Waals surface area (Å²) in [6.07, 6.45) is 8.09. The van der Waals surface area contributed by atoms with Gasteiger partial charge in [-0.15, -0.1) is 11.3 Å². The molecule has 1 saturated heterocycles. The highest BCUT2D eigenvalue weighted by Gasteiger charge is 2.24. The maximum atomic E-state index is 11.8. The van der Waals surface area contributed by atoms with Gasteiger partial charge in [0.15, 0.2) is 0 Å². The zero-order valence-corrected chi connectivity index (χ0v) is 20.4. The van der Waals surface area contributed by atoms with Gasteiger partial charge < -0.3 is 10.2 Å². The van der Waals surface area contributed by atoms with Gasteiger partial charge in [-0.05, 0) is 48.1 Å². The van der Waals surface area contributed by atoms with Crippen LogP contribution in [0.15, 0.2) is 24.4 Å². The van der Waals surface area contributed by atoms with Gasteiger partial charge in [0.2, 0.25) is 10.0 Å². The largest absolute Gasteiger partial charge is 0.375 e. The molecular weight excluding hydrogens is 442 g/mol. The van der Waals surface area contributed by atoms with Crippen LogP contribution >= 0.6 is 11.3 Å². The third kappa shape index (κ3) is 5.01. The van der Waals surface area contributed by atoms with Crippen molar-refractivity contribution in [3.63, 3.8) is 0 Å². The van der Waals surface area contributed by atoms with E-state index in [1.165, 1.54) is 44.9 Å². The molecule has 5 rings (SSSR count). The van der Waals surface area contributed by atoms with Gasteiger partial charge in [0.1, 0.15) is 5.82 Å². The van der Waals surface area contributed by atoms with Crippen molar-refractivity contribution in [3.05, 3.63) is 44.6 Å². The minimum Gasteiger partial charge on any atom is -0.375 e. The predicted octanol–water partition coefficient (Wildman–Crippen LogP) is 0.925. The summed E-state index contributed by atoms with van der Waals surface area (Å²) >= 11 is 1.87. The van der Waals surface area contributed by atoms with E-state index in [1.54, 1.807) is 4.31 Å². The Morgan fingerprint density at radius 2 is 1.97 bits per heavy atom. The fraction of sp³-hybridized carbons (Fsp3) is 0.522. The van der Waals surface area contributed by atoms with Crippen molar-refractivity contribution in [2.24, 2.45) is 5.92 Å². The lowest BCUT2D eigenvalue weighted by atomic mass is 10.0. The number of sulfonamides is 1. The second kappa shape index (κ2) is 8.78. The highest BCUT2D eigenvalue weighted by atomic mass is 32.2. The van der Waals surface area contributed by atoms with Crippen LogP contribution in [0.25, 0.3) is 11.8 Å². The number of anilines is 1. The van der Waals surface area contributed by atoms with Crippen LogP contribution in [-0.4, -0.2) is 80.1 Å². The fourth-order valence-corrected chi connectivity index (χ4v) is 6.48. The van der Waals surface area contributed by atoms with Crippen molar-refractivity contribution < 1.29 is 8.42 Å². The molecule has 2 fully saturated rings. The third-order valence-corrected chi connectivity index (χ3v) is 8.91. The number of fused-ring (bicyclic) bond motifs is 1. The molecule has 3 aliphatic rings. The molecule has 172 valence electrons. The third-order valence-electron chi connectivity index (χ3n) is 6.41. The van der Waals surface area contributed by atoms with E-state index in [1.807, 2.05) is 17.5 Å². The number of thiophene rings is 1. The van der Waals surface area contributed by atoms with Gasteiger partial charge in [-0.25, -0.2) is 13.4 Å². The molecule has 2 aliphatic heterocycles. The van der Waals surface area contributed by atoms with E-state index in [2.05, 4.69) is 51.5 Å². The van der Waals surface area contributed by atoms with E-state index in [0.29, 0.717) is 13.1 Å². The quantitative estimate of drug-likeness (QED) is 0.645. The minimum absolute atomic E-state index is 0.573. The Labute approximate surface area is 194 Å². The zero-order valence-electron chi connectivity index (χ0n) is 18.7. The van der Waals surface area contributed by atoms with Gasteiger partial charge in [-0.2, -0.15) is 4.31 Å². The van der Waals surface area contributed by atoms with Crippen LogP contribution in [0.4, 0.5) is 5.82 Å². The minimum atomic E-state index is -3.09. The summed E-state index contributed by atoms with van der Waals surface area (Å²) in [6.45, 7) is 5.46. The Hall–Kier alpha value is -1.94. The molecule has 0 aromatic carbocycles. The van der Waals surface area contributed by atoms with Crippen molar-refractivity contribution in [1.82, 2.24) is 19.1 Å². The number of pyridine rings is 1. The Balaban J connectivity index is 1.37. The number of hydrogen-bond donors (Lipinski definition) is 1. The first-order valence-electron chi connectivity index (χ1n) is 11.3. The first-order valence-corrected chi connectivity index (χ1v) is 13.9. The number of likely N-dealkylation sites (N-methyl/N-ethyl adjacent to an activating group) is 1. The van der Waals surface area contributed by atoms with Crippen LogP contribution in [0.3, 0.4) is 0 Å². The maximum Gasteiger partial charge on any atom is 0.211 e. The number of piperazine rings is 1. The van der Waals surface area contributed by atoms with E-state index >= 15 is 0 Å². The molecule has 7 nitrogen and oxygen atoms in total. The summed E-state index contributed by atoms with van der Waals surface area (Å²) in [7, 11) is -0.969. The SMILES string of the molecule is CN1C=c2cc(CN3CCN(S(C)(=O)=O)CC3)sc2=C(c2ccnc(NCC3CC3)c2)C1. The molecule has 2 aromatic heterocycles. The first kappa shape index (κ1) is 21.9. The average molecular weight is 474 g/mol. The number of hydrogen-bond acceptors (Lipinski definition) is 7. The van der Waals surface area contributed by atoms with Crippen molar-refractivity contribution >= 4 is 39.0 Å². The highest BCUT2D eigenvalue weighted by Crippen LogP contribution is 2.29. The number of aromatic nitrogens is 1. The molecule has 2 aromatic rings. The van der Waals surface area contributed by atoms with Crippen molar-refractivity contribution in [3.8, 4) is 0 Å². The average Bonchev–Trinajstić information content (AvgIpc) is 3.50. The van der Waals surface area contributed by atoms with Gasteiger partial charge in [-0.1, -0.05) is 0 Å². The monoisotopic (exact) mass is 473 g/mol. The van der Waals surface area contributed by atoms with Crippen LogP contribution in [0.2, 0.25) is 0 Å². The lowest BCUT2D eigenvalue weighted by Gasteiger charge is -2.32. The Kier molecular flexibility index (Phi) is 6.00. The topological polar surface area (TPSA) is 68.8 Å². The smallest absolute Gasteiger partial charge is 0.211 e. The summed E-state index contributed by atoms with van der Waals surface area (Å²) in [5.74, 6) is 1.77. The summed E-state index contributed by atoms with van der Waals surface area (Å²) in [5.41, 5.74) is 2.58. The molecule has 0 spiro atoms. The molecule has 9 heteroatoms. The van der Waals surface area contributed by atoms with Gasteiger partial charge in [0.25, 0.3) is 0 Å². The van der Waals surface area contributed by atoms with E-state index in [9.17, 15) is 8.42 Å². The van der Waals surface area contributed by atoms with Crippen molar-refractivity contribution in [1.29, 1.82) is 0 Å². The van der Waals surface area contributed by atoms with Gasteiger partial charge in [-0.3, -0.25) is 4.90 Å². The molecule has 0 radical (unpaired) electrons. The Bertz CT molecular complexity index is 1210. The van der Waals surface area contributed by atoms with Gasteiger partial charge >= 0.3 is 0 Å². The standard InChI is InChI=1S/C23H31N5O2S2/c1-26-14-19-11-20(15-27-7-9-28(10-8-27)32(2,29)30)31-23(19)21(16-26)18-5-6-24-22(12-18)25-13-17-3-4-17/h5-6,11-12,14,17H,3-4,7-10,13,15-16H2,1-2H3,(H,24,25). The predicted molar refractivity (Wildman–Crippen MR) is 130 cm³/mol. The van der Waals surface area contributed by atoms with Gasteiger partial charge in [0, 0.05) is 79.9 Å². The Morgan fingerprint density at radius 3 is 2.69 bits per heavy atom. The molecule has 1 aliphatic carbocycles. The lowest BCUT2D eigenvalue weighted by molar-refractivity contribution is 0.183. The number of rotatable bonds is 7. The molecular formula is C23H31N5O2S2. The van der Waals surface area contributed by atoms with Crippen molar-refractivity contribution in [2.45, 2.75) is 19.4 Å². The first-order chi connectivity index (χ1) is 15.3. The van der Waals surface area contributed by atoms with E-state index in [0.717, 1.165) is 44.5 Å². The molecule has 0 amide bonds. The molecule has 1 saturated carbocycles. The van der Waals surface area contributed by atoms with Crippen LogP contribution < -0.4 is 15.1 Å². The van der Waals surface area contributed by atoms with Crippen LogP contribution in [0, 0.1) is 5.92 Å². The molecule has 0 bridgehead atoms. The second-order valence-electron chi connectivity index (χ2n) is 9.21. The Morgan fingerprint density at radius 1 is 1.19 bits per heavy atom. The lowest BCUT2D eigenvalue weighted by Crippen LogP contribution is -2.47. The van der Waals surface area contributed by atoms with Crippen molar-refractivity contribution in [2.75, 3.05) is 57.9 Å². The summed E-state index contributed by atoms with van der Waals surface area (Å²) < 4.78 is 26.5. The fourth-order valence-electron chi connectivity index (χ4n) is 4.42. The van der Waals surface area contributed by atoms with E-state index < -0.39 is 10.0 Å². The summed E-state index contributed by atoms with van der Waals surface area (Å²) in [4.78, 5) is 10.4. The highest BCUT2D eigenvalue weighted by molar-refractivity contribution is 7.88. The second-order valence-corrected chi connectivity index (χ2v) is 12.3.